The molecule has 0 amide bonds. The normalized spacial score (nSPS) is 26.1. The van der Waals surface area contributed by atoms with Crippen LogP contribution in [0.1, 0.15) is 19.8 Å². The van der Waals surface area contributed by atoms with E-state index in [0.29, 0.717) is 6.04 Å². The molecule has 0 aliphatic carbocycles. The van der Waals surface area contributed by atoms with Crippen molar-refractivity contribution in [3.63, 3.8) is 0 Å². The van der Waals surface area contributed by atoms with Crippen LogP contribution in [0.5, 0.6) is 0 Å². The predicted octanol–water partition coefficient (Wildman–Crippen LogP) is 0.904. The number of allylic oxidation sites excluding steroid dienone is 1. The van der Waals surface area contributed by atoms with Crippen LogP contribution in [0.2, 0.25) is 0 Å². The maximum absolute atomic E-state index is 3.46. The van der Waals surface area contributed by atoms with Gasteiger partial charge in [-0.2, -0.15) is 0 Å². The van der Waals surface area contributed by atoms with Crippen molar-refractivity contribution in [1.82, 2.24) is 10.6 Å². The molecule has 1 unspecified atom stereocenters. The zero-order chi connectivity index (χ0) is 7.94. The summed E-state index contributed by atoms with van der Waals surface area (Å²) in [4.78, 5) is 0. The average molecular weight is 154 g/mol. The minimum atomic E-state index is 0.659. The molecular weight excluding hydrogens is 136 g/mol. The van der Waals surface area contributed by atoms with Crippen molar-refractivity contribution >= 4 is 0 Å². The largest absolute Gasteiger partial charge is 0.314 e. The molecule has 0 aromatic carbocycles. The number of piperazine rings is 1. The van der Waals surface area contributed by atoms with Crippen LogP contribution < -0.4 is 10.6 Å². The average Bonchev–Trinajstić information content (AvgIpc) is 2.07. The predicted molar refractivity (Wildman–Crippen MR) is 48.7 cm³/mol. The first-order valence-corrected chi connectivity index (χ1v) is 4.52. The summed E-state index contributed by atoms with van der Waals surface area (Å²) >= 11 is 0. The van der Waals surface area contributed by atoms with Gasteiger partial charge in [-0.05, 0) is 12.8 Å². The highest BCUT2D eigenvalue weighted by Crippen LogP contribution is 1.95. The number of nitrogens with one attached hydrogen (secondary N) is 2. The van der Waals surface area contributed by atoms with E-state index in [1.807, 2.05) is 0 Å². The standard InChI is InChI=1S/C9H18N2/c1-2-3-4-5-9-8-10-6-7-11-9/h3-4,9-11H,2,5-8H2,1H3. The Labute approximate surface area is 69.1 Å². The fourth-order valence-electron chi connectivity index (χ4n) is 1.31. The fourth-order valence-corrected chi connectivity index (χ4v) is 1.31. The van der Waals surface area contributed by atoms with E-state index >= 15 is 0 Å². The second-order valence-corrected chi connectivity index (χ2v) is 2.97. The zero-order valence-corrected chi connectivity index (χ0v) is 7.27. The molecule has 1 heterocycles. The quantitative estimate of drug-likeness (QED) is 0.590. The summed E-state index contributed by atoms with van der Waals surface area (Å²) in [5.74, 6) is 0. The summed E-state index contributed by atoms with van der Waals surface area (Å²) in [5, 5.41) is 6.83. The van der Waals surface area contributed by atoms with Gasteiger partial charge in [0.15, 0.2) is 0 Å². The first-order chi connectivity index (χ1) is 5.43. The SMILES string of the molecule is CCC=CCC1CNCCN1. The third-order valence-electron chi connectivity index (χ3n) is 1.95. The lowest BCUT2D eigenvalue weighted by Gasteiger charge is -2.23. The van der Waals surface area contributed by atoms with Crippen LogP contribution >= 0.6 is 0 Å². The smallest absolute Gasteiger partial charge is 0.0227 e. The molecule has 11 heavy (non-hydrogen) atoms. The molecule has 1 rings (SSSR count). The third kappa shape index (κ3) is 3.54. The lowest BCUT2D eigenvalue weighted by Crippen LogP contribution is -2.47. The van der Waals surface area contributed by atoms with Gasteiger partial charge in [0.25, 0.3) is 0 Å². The number of hydrogen-bond donors (Lipinski definition) is 2. The zero-order valence-electron chi connectivity index (χ0n) is 7.27. The Kier molecular flexibility index (Phi) is 4.24. The van der Waals surface area contributed by atoms with E-state index in [4.69, 9.17) is 0 Å². The summed E-state index contributed by atoms with van der Waals surface area (Å²) in [6, 6.07) is 0.659. The molecular formula is C9H18N2. The molecule has 1 aliphatic heterocycles. The minimum absolute atomic E-state index is 0.659. The second kappa shape index (κ2) is 5.33. The van der Waals surface area contributed by atoms with Gasteiger partial charge in [-0.1, -0.05) is 19.1 Å². The lowest BCUT2D eigenvalue weighted by atomic mass is 10.1. The summed E-state index contributed by atoms with van der Waals surface area (Å²) < 4.78 is 0. The van der Waals surface area contributed by atoms with Gasteiger partial charge in [0.1, 0.15) is 0 Å². The summed E-state index contributed by atoms with van der Waals surface area (Å²) in [6.07, 6.45) is 6.82. The Bertz CT molecular complexity index is 115. The summed E-state index contributed by atoms with van der Waals surface area (Å²) in [7, 11) is 0. The van der Waals surface area contributed by atoms with Crippen molar-refractivity contribution in [2.45, 2.75) is 25.8 Å². The summed E-state index contributed by atoms with van der Waals surface area (Å²) in [5.41, 5.74) is 0. The monoisotopic (exact) mass is 154 g/mol. The molecule has 0 saturated carbocycles. The topological polar surface area (TPSA) is 24.1 Å². The van der Waals surface area contributed by atoms with E-state index in [9.17, 15) is 0 Å². The Morgan fingerprint density at radius 2 is 2.27 bits per heavy atom. The molecule has 2 N–H and O–H groups in total. The molecule has 2 heteroatoms. The van der Waals surface area contributed by atoms with Gasteiger partial charge in [-0.25, -0.2) is 0 Å². The van der Waals surface area contributed by atoms with E-state index in [0.717, 1.165) is 26.1 Å². The van der Waals surface area contributed by atoms with Gasteiger partial charge in [0.05, 0.1) is 0 Å². The summed E-state index contributed by atoms with van der Waals surface area (Å²) in [6.45, 7) is 5.52. The van der Waals surface area contributed by atoms with Crippen LogP contribution in [-0.4, -0.2) is 25.7 Å². The highest BCUT2D eigenvalue weighted by molar-refractivity contribution is 4.87. The van der Waals surface area contributed by atoms with E-state index in [-0.39, 0.29) is 0 Å². The van der Waals surface area contributed by atoms with Crippen molar-refractivity contribution in [1.29, 1.82) is 0 Å². The first-order valence-electron chi connectivity index (χ1n) is 4.52. The molecule has 1 aliphatic rings. The van der Waals surface area contributed by atoms with E-state index in [2.05, 4.69) is 29.7 Å². The Hall–Kier alpha value is -0.340. The molecule has 0 spiro atoms. The fraction of sp³-hybridized carbons (Fsp3) is 0.778. The molecule has 0 bridgehead atoms. The van der Waals surface area contributed by atoms with Crippen LogP contribution in [0, 0.1) is 0 Å². The highest BCUT2D eigenvalue weighted by atomic mass is 15.0. The molecule has 1 fully saturated rings. The van der Waals surface area contributed by atoms with E-state index in [1.54, 1.807) is 0 Å². The van der Waals surface area contributed by atoms with Crippen molar-refractivity contribution < 1.29 is 0 Å². The van der Waals surface area contributed by atoms with Crippen LogP contribution in [0.25, 0.3) is 0 Å². The van der Waals surface area contributed by atoms with Crippen LogP contribution in [0.15, 0.2) is 12.2 Å². The Morgan fingerprint density at radius 1 is 1.36 bits per heavy atom. The Balaban J connectivity index is 2.09. The van der Waals surface area contributed by atoms with Crippen molar-refractivity contribution in [2.24, 2.45) is 0 Å². The van der Waals surface area contributed by atoms with Gasteiger partial charge in [-0.3, -0.25) is 0 Å². The molecule has 64 valence electrons. The van der Waals surface area contributed by atoms with Crippen LogP contribution in [0.3, 0.4) is 0 Å². The maximum atomic E-state index is 3.46. The van der Waals surface area contributed by atoms with Gasteiger partial charge < -0.3 is 10.6 Å². The van der Waals surface area contributed by atoms with Crippen molar-refractivity contribution in [3.05, 3.63) is 12.2 Å². The maximum Gasteiger partial charge on any atom is 0.0227 e. The van der Waals surface area contributed by atoms with Crippen molar-refractivity contribution in [3.8, 4) is 0 Å². The molecule has 0 aromatic heterocycles. The first kappa shape index (κ1) is 8.75. The van der Waals surface area contributed by atoms with Crippen molar-refractivity contribution in [2.75, 3.05) is 19.6 Å². The van der Waals surface area contributed by atoms with Gasteiger partial charge in [0.2, 0.25) is 0 Å². The second-order valence-electron chi connectivity index (χ2n) is 2.97. The van der Waals surface area contributed by atoms with E-state index < -0.39 is 0 Å². The lowest BCUT2D eigenvalue weighted by molar-refractivity contribution is 0.421. The van der Waals surface area contributed by atoms with Crippen LogP contribution in [0.4, 0.5) is 0 Å². The third-order valence-corrected chi connectivity index (χ3v) is 1.95. The highest BCUT2D eigenvalue weighted by Gasteiger charge is 2.08. The minimum Gasteiger partial charge on any atom is -0.314 e. The number of hydrogen-bond acceptors (Lipinski definition) is 2. The van der Waals surface area contributed by atoms with Crippen LogP contribution in [-0.2, 0) is 0 Å². The van der Waals surface area contributed by atoms with Gasteiger partial charge in [-0.15, -0.1) is 0 Å². The van der Waals surface area contributed by atoms with Gasteiger partial charge >= 0.3 is 0 Å². The Morgan fingerprint density at radius 3 is 2.91 bits per heavy atom. The number of rotatable bonds is 3. The molecule has 0 aromatic rings. The molecule has 2 nitrogen and oxygen atoms in total. The molecule has 1 atom stereocenters. The molecule has 0 radical (unpaired) electrons. The van der Waals surface area contributed by atoms with Gasteiger partial charge in [0, 0.05) is 25.7 Å². The van der Waals surface area contributed by atoms with E-state index in [1.165, 1.54) is 6.42 Å². The molecule has 1 saturated heterocycles.